The number of carbonyl (C=O) groups excluding carboxylic acids is 1. The van der Waals surface area contributed by atoms with Crippen LogP contribution in [0.25, 0.3) is 0 Å². The van der Waals surface area contributed by atoms with Crippen molar-refractivity contribution in [1.82, 2.24) is 4.90 Å². The molecule has 1 spiro atoms. The van der Waals surface area contributed by atoms with Gasteiger partial charge in [-0.05, 0) is 25.0 Å². The number of benzene rings is 1. The molecule has 0 unspecified atom stereocenters. The van der Waals surface area contributed by atoms with Gasteiger partial charge in [-0.3, -0.25) is 4.79 Å². The summed E-state index contributed by atoms with van der Waals surface area (Å²) in [6, 6.07) is 4.49. The summed E-state index contributed by atoms with van der Waals surface area (Å²) in [6.45, 7) is 1.82. The van der Waals surface area contributed by atoms with Gasteiger partial charge in [-0.25, -0.2) is 0 Å². The van der Waals surface area contributed by atoms with Gasteiger partial charge in [-0.2, -0.15) is 0 Å². The molecule has 0 bridgehead atoms. The van der Waals surface area contributed by atoms with Crippen molar-refractivity contribution in [3.63, 3.8) is 0 Å². The van der Waals surface area contributed by atoms with Gasteiger partial charge >= 0.3 is 0 Å². The molecule has 0 aliphatic carbocycles. The number of hydrogen-bond acceptors (Lipinski definition) is 7. The molecule has 2 atom stereocenters. The number of phenolic OH excluding ortho intramolecular Hbond substituents is 1. The van der Waals surface area contributed by atoms with Gasteiger partial charge in [0.2, 0.25) is 0 Å². The van der Waals surface area contributed by atoms with Crippen LogP contribution in [0, 0.1) is 0 Å². The molecule has 2 aliphatic heterocycles. The minimum atomic E-state index is -0.848. The number of likely N-dealkylation sites (tertiary alicyclic amines) is 1. The summed E-state index contributed by atoms with van der Waals surface area (Å²) in [6.07, 6.45) is -0.0744. The zero-order valence-electron chi connectivity index (χ0n) is 15.5. The van der Waals surface area contributed by atoms with E-state index >= 15 is 0 Å². The highest BCUT2D eigenvalue weighted by Gasteiger charge is 2.43. The molecule has 2 fully saturated rings. The molecule has 2 saturated heterocycles. The highest BCUT2D eigenvalue weighted by atomic mass is 16.5. The number of amides is 1. The lowest BCUT2D eigenvalue weighted by molar-refractivity contribution is -0.185. The fourth-order valence-electron chi connectivity index (χ4n) is 3.63. The Balaban J connectivity index is 1.62. The third-order valence-corrected chi connectivity index (χ3v) is 5.24. The molecule has 8 nitrogen and oxygen atoms in total. The Morgan fingerprint density at radius 3 is 2.63 bits per heavy atom. The van der Waals surface area contributed by atoms with E-state index in [9.17, 15) is 20.1 Å². The summed E-state index contributed by atoms with van der Waals surface area (Å²) in [7, 11) is 1.57. The Hall–Kier alpha value is -1.87. The molecular formula is C19H27NO7. The number of methoxy groups -OCH3 is 1. The maximum absolute atomic E-state index is 12.8. The molecule has 27 heavy (non-hydrogen) atoms. The average molecular weight is 381 g/mol. The van der Waals surface area contributed by atoms with E-state index in [-0.39, 0.29) is 18.3 Å². The molecule has 2 aliphatic rings. The van der Waals surface area contributed by atoms with Gasteiger partial charge in [0.05, 0.1) is 24.9 Å². The number of rotatable bonds is 5. The van der Waals surface area contributed by atoms with Crippen molar-refractivity contribution in [2.24, 2.45) is 0 Å². The second-order valence-electron chi connectivity index (χ2n) is 7.18. The first-order valence-corrected chi connectivity index (χ1v) is 9.18. The Morgan fingerprint density at radius 1 is 1.22 bits per heavy atom. The highest BCUT2D eigenvalue weighted by molar-refractivity contribution is 5.95. The number of aromatic hydroxyl groups is 1. The van der Waals surface area contributed by atoms with Crippen LogP contribution in [0.2, 0.25) is 0 Å². The largest absolute Gasteiger partial charge is 0.508 e. The molecule has 0 aromatic heterocycles. The molecular weight excluding hydrogens is 354 g/mol. The number of aliphatic hydroxyl groups excluding tert-OH is 2. The van der Waals surface area contributed by atoms with E-state index in [0.29, 0.717) is 56.9 Å². The molecule has 1 aromatic rings. The SMILES string of the molecule is COCCOc1cc(O)cc(C(=O)N2CCC3(CC2)C[C@@H](O)[C@@H](O)CO3)c1. The maximum Gasteiger partial charge on any atom is 0.254 e. The van der Waals surface area contributed by atoms with Gasteiger partial charge in [0.25, 0.3) is 5.91 Å². The number of carbonyl (C=O) groups is 1. The summed E-state index contributed by atoms with van der Waals surface area (Å²) in [4.78, 5) is 14.5. The zero-order valence-corrected chi connectivity index (χ0v) is 15.5. The second kappa shape index (κ2) is 8.43. The summed E-state index contributed by atoms with van der Waals surface area (Å²) in [5.41, 5.74) is -0.124. The molecule has 3 N–H and O–H groups in total. The van der Waals surface area contributed by atoms with E-state index in [1.165, 1.54) is 12.1 Å². The van der Waals surface area contributed by atoms with Crippen LogP contribution in [0.1, 0.15) is 29.6 Å². The predicted octanol–water partition coefficient (Wildman–Crippen LogP) is 0.534. The van der Waals surface area contributed by atoms with Crippen molar-refractivity contribution in [1.29, 1.82) is 0 Å². The average Bonchev–Trinajstić information content (AvgIpc) is 2.65. The van der Waals surface area contributed by atoms with Gasteiger partial charge in [-0.15, -0.1) is 0 Å². The van der Waals surface area contributed by atoms with Gasteiger partial charge in [0.15, 0.2) is 0 Å². The van der Waals surface area contributed by atoms with Gasteiger partial charge in [0, 0.05) is 38.2 Å². The smallest absolute Gasteiger partial charge is 0.254 e. The van der Waals surface area contributed by atoms with Crippen LogP contribution in [0.3, 0.4) is 0 Å². The van der Waals surface area contributed by atoms with Crippen molar-refractivity contribution < 1.29 is 34.3 Å². The number of phenols is 1. The zero-order chi connectivity index (χ0) is 19.4. The minimum absolute atomic E-state index is 0.0329. The molecule has 0 radical (unpaired) electrons. The van der Waals surface area contributed by atoms with Crippen molar-refractivity contribution in [2.45, 2.75) is 37.1 Å². The summed E-state index contributed by atoms with van der Waals surface area (Å²) in [5.74, 6) is 0.194. The first-order valence-electron chi connectivity index (χ1n) is 9.18. The van der Waals surface area contributed by atoms with Crippen molar-refractivity contribution in [3.05, 3.63) is 23.8 Å². The fourth-order valence-corrected chi connectivity index (χ4v) is 3.63. The Labute approximate surface area is 158 Å². The van der Waals surface area contributed by atoms with Crippen molar-refractivity contribution in [2.75, 3.05) is 40.0 Å². The lowest BCUT2D eigenvalue weighted by Gasteiger charge is -2.46. The first-order chi connectivity index (χ1) is 12.9. The van der Waals surface area contributed by atoms with E-state index in [4.69, 9.17) is 14.2 Å². The summed E-state index contributed by atoms with van der Waals surface area (Å²) >= 11 is 0. The Bertz CT molecular complexity index is 657. The van der Waals surface area contributed by atoms with Crippen LogP contribution < -0.4 is 4.74 Å². The number of nitrogens with zero attached hydrogens (tertiary/aromatic N) is 1. The van der Waals surface area contributed by atoms with E-state index in [0.717, 1.165) is 0 Å². The summed E-state index contributed by atoms with van der Waals surface area (Å²) < 4.78 is 16.2. The van der Waals surface area contributed by atoms with Crippen LogP contribution in [-0.2, 0) is 9.47 Å². The summed E-state index contributed by atoms with van der Waals surface area (Å²) in [5, 5.41) is 29.5. The van der Waals surface area contributed by atoms with Gasteiger partial charge in [-0.1, -0.05) is 0 Å². The van der Waals surface area contributed by atoms with Crippen LogP contribution in [-0.4, -0.2) is 84.0 Å². The molecule has 2 heterocycles. The minimum Gasteiger partial charge on any atom is -0.508 e. The van der Waals surface area contributed by atoms with Crippen molar-refractivity contribution in [3.8, 4) is 11.5 Å². The predicted molar refractivity (Wildman–Crippen MR) is 95.9 cm³/mol. The van der Waals surface area contributed by atoms with E-state index < -0.39 is 17.8 Å². The second-order valence-corrected chi connectivity index (χ2v) is 7.18. The maximum atomic E-state index is 12.8. The van der Waals surface area contributed by atoms with E-state index in [1.54, 1.807) is 18.1 Å². The molecule has 150 valence electrons. The molecule has 0 saturated carbocycles. The van der Waals surface area contributed by atoms with Crippen LogP contribution in [0.15, 0.2) is 18.2 Å². The number of ether oxygens (including phenoxy) is 3. The number of piperidine rings is 1. The van der Waals surface area contributed by atoms with E-state index in [2.05, 4.69) is 0 Å². The quantitative estimate of drug-likeness (QED) is 0.639. The van der Waals surface area contributed by atoms with Crippen molar-refractivity contribution >= 4 is 5.91 Å². The van der Waals surface area contributed by atoms with Crippen LogP contribution in [0.5, 0.6) is 11.5 Å². The molecule has 3 rings (SSSR count). The Kier molecular flexibility index (Phi) is 6.21. The standard InChI is InChI=1S/C19H27NO7/c1-25-6-7-26-15-9-13(8-14(21)10-15)18(24)20-4-2-19(3-5-20)11-16(22)17(23)12-27-19/h8-10,16-17,21-23H,2-7,11-12H2,1H3/t16-,17+/m1/s1. The molecule has 8 heteroatoms. The lowest BCUT2D eigenvalue weighted by atomic mass is 9.82. The fraction of sp³-hybridized carbons (Fsp3) is 0.632. The first kappa shape index (κ1) is 19.9. The molecule has 1 aromatic carbocycles. The van der Waals surface area contributed by atoms with Gasteiger partial charge < -0.3 is 34.4 Å². The van der Waals surface area contributed by atoms with Crippen LogP contribution >= 0.6 is 0 Å². The topological polar surface area (TPSA) is 109 Å². The van der Waals surface area contributed by atoms with Gasteiger partial charge in [0.1, 0.15) is 24.2 Å². The lowest BCUT2D eigenvalue weighted by Crippen LogP contribution is -2.55. The normalized spacial score (nSPS) is 24.8. The monoisotopic (exact) mass is 381 g/mol. The third kappa shape index (κ3) is 4.70. The highest BCUT2D eigenvalue weighted by Crippen LogP contribution is 2.35. The number of aliphatic hydroxyl groups is 2. The van der Waals surface area contributed by atoms with E-state index in [1.807, 2.05) is 0 Å². The van der Waals surface area contributed by atoms with Crippen LogP contribution in [0.4, 0.5) is 0 Å². The number of hydrogen-bond donors (Lipinski definition) is 3. The third-order valence-electron chi connectivity index (χ3n) is 5.24. The Morgan fingerprint density at radius 2 is 1.96 bits per heavy atom. The molecule has 1 amide bonds.